The number of hydrogen-bond acceptors (Lipinski definition) is 2. The first-order chi connectivity index (χ1) is 9.13. The first kappa shape index (κ1) is 13.9. The Kier molecular flexibility index (Phi) is 4.47. The van der Waals surface area contributed by atoms with Gasteiger partial charge in [-0.3, -0.25) is 0 Å². The van der Waals surface area contributed by atoms with Crippen molar-refractivity contribution in [3.8, 4) is 11.8 Å². The zero-order chi connectivity index (χ0) is 13.8. The average molecular weight is 257 g/mol. The van der Waals surface area contributed by atoms with Gasteiger partial charge in [-0.15, -0.1) is 0 Å². The summed E-state index contributed by atoms with van der Waals surface area (Å²) in [5.74, 6) is 1.69. The Bertz CT molecular complexity index is 475. The molecule has 2 nitrogen and oxygen atoms in total. The van der Waals surface area contributed by atoms with Crippen LogP contribution in [-0.2, 0) is 0 Å². The monoisotopic (exact) mass is 257 g/mol. The van der Waals surface area contributed by atoms with Crippen LogP contribution in [0.25, 0.3) is 0 Å². The molecule has 0 spiro atoms. The van der Waals surface area contributed by atoms with Crippen molar-refractivity contribution in [1.29, 1.82) is 5.26 Å². The van der Waals surface area contributed by atoms with Gasteiger partial charge in [0.1, 0.15) is 11.9 Å². The zero-order valence-corrected chi connectivity index (χ0v) is 12.1. The number of aryl methyl sites for hydroxylation is 2. The lowest BCUT2D eigenvalue weighted by molar-refractivity contribution is 0.0886. The smallest absolute Gasteiger partial charge is 0.122 e. The lowest BCUT2D eigenvalue weighted by Gasteiger charge is -2.33. The van der Waals surface area contributed by atoms with E-state index in [1.807, 2.05) is 6.07 Å². The van der Waals surface area contributed by atoms with Gasteiger partial charge in [0.2, 0.25) is 0 Å². The number of hydrogen-bond donors (Lipinski definition) is 0. The molecule has 2 heteroatoms. The molecule has 1 aliphatic rings. The topological polar surface area (TPSA) is 33.0 Å². The molecule has 0 saturated heterocycles. The largest absolute Gasteiger partial charge is 0.489 e. The maximum absolute atomic E-state index is 9.28. The molecule has 1 fully saturated rings. The van der Waals surface area contributed by atoms with E-state index in [2.05, 4.69) is 39.0 Å². The van der Waals surface area contributed by atoms with Crippen molar-refractivity contribution in [3.05, 3.63) is 29.3 Å². The molecule has 0 N–H and O–H groups in total. The van der Waals surface area contributed by atoms with Crippen LogP contribution in [0.3, 0.4) is 0 Å². The van der Waals surface area contributed by atoms with E-state index in [1.165, 1.54) is 18.4 Å². The molecule has 1 aliphatic carbocycles. The Morgan fingerprint density at radius 2 is 2.11 bits per heavy atom. The van der Waals surface area contributed by atoms with E-state index in [0.29, 0.717) is 5.92 Å². The van der Waals surface area contributed by atoms with Gasteiger partial charge in [0.05, 0.1) is 12.0 Å². The Morgan fingerprint density at radius 3 is 2.74 bits per heavy atom. The minimum Gasteiger partial charge on any atom is -0.489 e. The predicted molar refractivity (Wildman–Crippen MR) is 77.1 cm³/mol. The lowest BCUT2D eigenvalue weighted by Crippen LogP contribution is -2.33. The van der Waals surface area contributed by atoms with Crippen LogP contribution in [0.15, 0.2) is 18.2 Å². The molecule has 2 rings (SSSR count). The summed E-state index contributed by atoms with van der Waals surface area (Å²) in [6.45, 7) is 6.39. The number of rotatable bonds is 3. The van der Waals surface area contributed by atoms with Crippen LogP contribution < -0.4 is 4.74 Å². The summed E-state index contributed by atoms with van der Waals surface area (Å²) in [7, 11) is 0. The van der Waals surface area contributed by atoms with Crippen molar-refractivity contribution >= 4 is 0 Å². The second-order valence-electron chi connectivity index (χ2n) is 5.75. The Hall–Kier alpha value is -1.49. The van der Waals surface area contributed by atoms with Crippen LogP contribution in [0.1, 0.15) is 43.7 Å². The lowest BCUT2D eigenvalue weighted by atomic mass is 9.79. The van der Waals surface area contributed by atoms with Gasteiger partial charge >= 0.3 is 0 Å². The van der Waals surface area contributed by atoms with Gasteiger partial charge in [-0.1, -0.05) is 31.0 Å². The first-order valence-electron chi connectivity index (χ1n) is 7.27. The number of nitrogens with zero attached hydrogens (tertiary/aromatic N) is 1. The zero-order valence-electron chi connectivity index (χ0n) is 12.1. The molecule has 3 unspecified atom stereocenters. The highest BCUT2D eigenvalue weighted by molar-refractivity contribution is 5.36. The van der Waals surface area contributed by atoms with Crippen molar-refractivity contribution < 1.29 is 4.74 Å². The minimum absolute atomic E-state index is 0.0449. The quantitative estimate of drug-likeness (QED) is 0.804. The molecule has 0 aromatic heterocycles. The molecule has 1 aromatic rings. The Labute approximate surface area is 116 Å². The van der Waals surface area contributed by atoms with Gasteiger partial charge in [-0.25, -0.2) is 0 Å². The highest BCUT2D eigenvalue weighted by atomic mass is 16.5. The molecular weight excluding hydrogens is 234 g/mol. The van der Waals surface area contributed by atoms with Gasteiger partial charge in [-0.2, -0.15) is 5.26 Å². The summed E-state index contributed by atoms with van der Waals surface area (Å²) < 4.78 is 6.15. The van der Waals surface area contributed by atoms with Crippen LogP contribution in [0, 0.1) is 37.0 Å². The summed E-state index contributed by atoms with van der Waals surface area (Å²) in [5.41, 5.74) is 2.41. The third-order valence-electron chi connectivity index (χ3n) is 4.25. The van der Waals surface area contributed by atoms with E-state index in [0.717, 1.165) is 24.2 Å². The summed E-state index contributed by atoms with van der Waals surface area (Å²) in [6, 6.07) is 8.67. The summed E-state index contributed by atoms with van der Waals surface area (Å²) >= 11 is 0. The van der Waals surface area contributed by atoms with Crippen molar-refractivity contribution in [1.82, 2.24) is 0 Å². The van der Waals surface area contributed by atoms with Gasteiger partial charge in [-0.05, 0) is 50.7 Å². The third-order valence-corrected chi connectivity index (χ3v) is 4.25. The SMILES string of the molecule is CCC1CCC(C#N)C(Oc2ccc(C)cc2C)C1. The first-order valence-corrected chi connectivity index (χ1v) is 7.27. The van der Waals surface area contributed by atoms with Gasteiger partial charge in [0.25, 0.3) is 0 Å². The van der Waals surface area contributed by atoms with Crippen LogP contribution in [0.4, 0.5) is 0 Å². The maximum Gasteiger partial charge on any atom is 0.122 e. The average Bonchev–Trinajstić information content (AvgIpc) is 2.41. The van der Waals surface area contributed by atoms with E-state index in [4.69, 9.17) is 4.74 Å². The van der Waals surface area contributed by atoms with Crippen LogP contribution in [0.5, 0.6) is 5.75 Å². The van der Waals surface area contributed by atoms with E-state index in [-0.39, 0.29) is 12.0 Å². The summed E-state index contributed by atoms with van der Waals surface area (Å²) in [6.07, 6.45) is 4.41. The number of ether oxygens (including phenoxy) is 1. The fourth-order valence-electron chi connectivity index (χ4n) is 2.96. The molecule has 0 bridgehead atoms. The standard InChI is InChI=1S/C17H23NO/c1-4-14-6-7-15(11-18)17(10-14)19-16-8-5-12(2)9-13(16)3/h5,8-9,14-15,17H,4,6-7,10H2,1-3H3. The highest BCUT2D eigenvalue weighted by Crippen LogP contribution is 2.34. The number of benzene rings is 1. The van der Waals surface area contributed by atoms with E-state index in [9.17, 15) is 5.26 Å². The van der Waals surface area contributed by atoms with Crippen LogP contribution in [-0.4, -0.2) is 6.10 Å². The molecule has 0 aliphatic heterocycles. The van der Waals surface area contributed by atoms with E-state index >= 15 is 0 Å². The molecule has 1 saturated carbocycles. The Balaban J connectivity index is 2.12. The molecule has 102 valence electrons. The number of nitriles is 1. The molecule has 0 amide bonds. The van der Waals surface area contributed by atoms with Crippen LogP contribution >= 0.6 is 0 Å². The van der Waals surface area contributed by atoms with Gasteiger partial charge in [0, 0.05) is 0 Å². The third kappa shape index (κ3) is 3.29. The van der Waals surface area contributed by atoms with Crippen LogP contribution in [0.2, 0.25) is 0 Å². The van der Waals surface area contributed by atoms with Crippen molar-refractivity contribution in [2.45, 2.75) is 52.6 Å². The van der Waals surface area contributed by atoms with Gasteiger partial charge < -0.3 is 4.74 Å². The van der Waals surface area contributed by atoms with Crippen molar-refractivity contribution in [2.24, 2.45) is 11.8 Å². The molecular formula is C17H23NO. The fraction of sp³-hybridized carbons (Fsp3) is 0.588. The van der Waals surface area contributed by atoms with Crippen molar-refractivity contribution in [2.75, 3.05) is 0 Å². The molecule has 3 atom stereocenters. The van der Waals surface area contributed by atoms with E-state index in [1.54, 1.807) is 0 Å². The molecule has 19 heavy (non-hydrogen) atoms. The predicted octanol–water partition coefficient (Wildman–Crippen LogP) is 4.40. The van der Waals surface area contributed by atoms with E-state index < -0.39 is 0 Å². The highest BCUT2D eigenvalue weighted by Gasteiger charge is 2.31. The molecule has 0 heterocycles. The fourth-order valence-corrected chi connectivity index (χ4v) is 2.96. The second-order valence-corrected chi connectivity index (χ2v) is 5.75. The molecule has 1 aromatic carbocycles. The van der Waals surface area contributed by atoms with Gasteiger partial charge in [0.15, 0.2) is 0 Å². The van der Waals surface area contributed by atoms with Crippen molar-refractivity contribution in [3.63, 3.8) is 0 Å². The minimum atomic E-state index is 0.0449. The summed E-state index contributed by atoms with van der Waals surface area (Å²) in [4.78, 5) is 0. The maximum atomic E-state index is 9.28. The second kappa shape index (κ2) is 6.10. The summed E-state index contributed by atoms with van der Waals surface area (Å²) in [5, 5.41) is 9.28. The normalized spacial score (nSPS) is 26.7. The molecule has 0 radical (unpaired) electrons. The Morgan fingerprint density at radius 1 is 1.32 bits per heavy atom.